The molecule has 3 saturated carbocycles. The maximum Gasteiger partial charge on any atom is 0.306 e. The molecule has 27 heavy (non-hydrogen) atoms. The molecule has 0 saturated heterocycles. The molecule has 0 aromatic carbocycles. The second-order valence-electron chi connectivity index (χ2n) is 9.98. The molecule has 0 amide bonds. The van der Waals surface area contributed by atoms with Crippen LogP contribution in [0.3, 0.4) is 0 Å². The summed E-state index contributed by atoms with van der Waals surface area (Å²) in [6.45, 7) is 4.54. The molecule has 3 fully saturated rings. The van der Waals surface area contributed by atoms with Crippen LogP contribution in [0.2, 0.25) is 0 Å². The van der Waals surface area contributed by atoms with Crippen molar-refractivity contribution >= 4 is 5.97 Å². The molecule has 3 aliphatic rings. The SMILES string of the molecule is CCCCCCC(=O)O[C@@H]1CCC2C(CCC3C[C@H](CCCC)CCC32)C1. The summed E-state index contributed by atoms with van der Waals surface area (Å²) in [5.74, 6) is 4.87. The molecule has 0 heterocycles. The van der Waals surface area contributed by atoms with Gasteiger partial charge >= 0.3 is 5.97 Å². The van der Waals surface area contributed by atoms with E-state index in [0.29, 0.717) is 6.42 Å². The van der Waals surface area contributed by atoms with Gasteiger partial charge in [-0.1, -0.05) is 58.8 Å². The second-order valence-corrected chi connectivity index (χ2v) is 9.98. The van der Waals surface area contributed by atoms with E-state index in [1.165, 1.54) is 77.0 Å². The lowest BCUT2D eigenvalue weighted by atomic mass is 9.56. The topological polar surface area (TPSA) is 26.3 Å². The lowest BCUT2D eigenvalue weighted by Crippen LogP contribution is -2.43. The Morgan fingerprint density at radius 3 is 2.22 bits per heavy atom. The molecule has 0 radical (unpaired) electrons. The van der Waals surface area contributed by atoms with Crippen molar-refractivity contribution in [3.8, 4) is 0 Å². The summed E-state index contributed by atoms with van der Waals surface area (Å²) in [6.07, 6.45) is 20.7. The van der Waals surface area contributed by atoms with Gasteiger partial charge in [0.25, 0.3) is 0 Å². The van der Waals surface area contributed by atoms with Crippen molar-refractivity contribution in [2.75, 3.05) is 0 Å². The van der Waals surface area contributed by atoms with Gasteiger partial charge < -0.3 is 4.74 Å². The Balaban J connectivity index is 1.41. The highest BCUT2D eigenvalue weighted by atomic mass is 16.5. The van der Waals surface area contributed by atoms with Crippen LogP contribution in [0, 0.1) is 29.6 Å². The van der Waals surface area contributed by atoms with Gasteiger partial charge in [-0.2, -0.15) is 0 Å². The smallest absolute Gasteiger partial charge is 0.306 e. The lowest BCUT2D eigenvalue weighted by molar-refractivity contribution is -0.153. The van der Waals surface area contributed by atoms with Gasteiger partial charge in [0.1, 0.15) is 6.10 Å². The summed E-state index contributed by atoms with van der Waals surface area (Å²) in [7, 11) is 0. The van der Waals surface area contributed by atoms with Crippen LogP contribution in [-0.2, 0) is 9.53 Å². The summed E-state index contributed by atoms with van der Waals surface area (Å²) in [4.78, 5) is 12.2. The Morgan fingerprint density at radius 2 is 1.48 bits per heavy atom. The normalized spacial score (nSPS) is 35.9. The summed E-state index contributed by atoms with van der Waals surface area (Å²) in [6, 6.07) is 0. The van der Waals surface area contributed by atoms with E-state index in [1.807, 2.05) is 0 Å². The van der Waals surface area contributed by atoms with Crippen LogP contribution in [0.25, 0.3) is 0 Å². The second kappa shape index (κ2) is 10.9. The molecule has 3 aliphatic carbocycles. The summed E-state index contributed by atoms with van der Waals surface area (Å²) >= 11 is 0. The molecule has 0 aliphatic heterocycles. The monoisotopic (exact) mass is 376 g/mol. The first kappa shape index (κ1) is 21.2. The Bertz CT molecular complexity index is 446. The van der Waals surface area contributed by atoms with E-state index < -0.39 is 0 Å². The third-order valence-electron chi connectivity index (χ3n) is 8.10. The average Bonchev–Trinajstić information content (AvgIpc) is 2.69. The van der Waals surface area contributed by atoms with Crippen molar-refractivity contribution < 1.29 is 9.53 Å². The Hall–Kier alpha value is -0.530. The number of rotatable bonds is 9. The third kappa shape index (κ3) is 5.97. The lowest BCUT2D eigenvalue weighted by Gasteiger charge is -2.50. The summed E-state index contributed by atoms with van der Waals surface area (Å²) in [5, 5.41) is 0. The zero-order valence-corrected chi connectivity index (χ0v) is 18.1. The highest BCUT2D eigenvalue weighted by Gasteiger charge is 2.44. The van der Waals surface area contributed by atoms with Crippen LogP contribution in [0.1, 0.15) is 117 Å². The van der Waals surface area contributed by atoms with Crippen LogP contribution in [0.5, 0.6) is 0 Å². The Morgan fingerprint density at radius 1 is 0.778 bits per heavy atom. The van der Waals surface area contributed by atoms with Crippen LogP contribution in [0.4, 0.5) is 0 Å². The fourth-order valence-corrected chi connectivity index (χ4v) is 6.65. The molecule has 0 aromatic heterocycles. The summed E-state index contributed by atoms with van der Waals surface area (Å²) < 4.78 is 5.88. The highest BCUT2D eigenvalue weighted by Crippen LogP contribution is 2.53. The maximum absolute atomic E-state index is 12.2. The third-order valence-corrected chi connectivity index (χ3v) is 8.10. The van der Waals surface area contributed by atoms with Crippen molar-refractivity contribution in [2.24, 2.45) is 29.6 Å². The molecular formula is C25H44O2. The number of carbonyl (C=O) groups excluding carboxylic acids is 1. The predicted octanol–water partition coefficient (Wildman–Crippen LogP) is 7.30. The van der Waals surface area contributed by atoms with Crippen molar-refractivity contribution in [3.05, 3.63) is 0 Å². The fraction of sp³-hybridized carbons (Fsp3) is 0.960. The average molecular weight is 377 g/mol. The molecule has 156 valence electrons. The van der Waals surface area contributed by atoms with Gasteiger partial charge in [-0.3, -0.25) is 4.79 Å². The molecule has 0 bridgehead atoms. The first-order chi connectivity index (χ1) is 13.2. The minimum absolute atomic E-state index is 0.0691. The van der Waals surface area contributed by atoms with E-state index >= 15 is 0 Å². The van der Waals surface area contributed by atoms with E-state index in [1.54, 1.807) is 0 Å². The van der Waals surface area contributed by atoms with Gasteiger partial charge in [-0.25, -0.2) is 0 Å². The standard InChI is InChI=1S/C25H44O2/c1-3-5-7-8-10-25(26)27-22-14-16-24-21(18-22)13-12-20-17-19(9-6-4-2)11-15-23(20)24/h19-24H,3-18H2,1-2H3/t19-,20?,21?,22-,23?,24?/m1/s1. The predicted molar refractivity (Wildman–Crippen MR) is 113 cm³/mol. The minimum atomic E-state index is 0.0691. The van der Waals surface area contributed by atoms with Crippen LogP contribution in [-0.4, -0.2) is 12.1 Å². The van der Waals surface area contributed by atoms with E-state index in [4.69, 9.17) is 4.74 Å². The summed E-state index contributed by atoms with van der Waals surface area (Å²) in [5.41, 5.74) is 0. The van der Waals surface area contributed by atoms with Crippen LogP contribution < -0.4 is 0 Å². The molecule has 2 heteroatoms. The van der Waals surface area contributed by atoms with E-state index in [0.717, 1.165) is 48.9 Å². The van der Waals surface area contributed by atoms with E-state index in [9.17, 15) is 4.79 Å². The number of fused-ring (bicyclic) bond motifs is 3. The molecule has 0 spiro atoms. The van der Waals surface area contributed by atoms with Crippen molar-refractivity contribution in [2.45, 2.75) is 123 Å². The fourth-order valence-electron chi connectivity index (χ4n) is 6.65. The van der Waals surface area contributed by atoms with Gasteiger partial charge in [-0.15, -0.1) is 0 Å². The number of hydrogen-bond acceptors (Lipinski definition) is 2. The molecule has 6 atom stereocenters. The zero-order chi connectivity index (χ0) is 19.1. The molecule has 0 aromatic rings. The van der Waals surface area contributed by atoms with Crippen molar-refractivity contribution in [1.29, 1.82) is 0 Å². The molecular weight excluding hydrogens is 332 g/mol. The van der Waals surface area contributed by atoms with Gasteiger partial charge in [0.15, 0.2) is 0 Å². The minimum Gasteiger partial charge on any atom is -0.462 e. The quantitative estimate of drug-likeness (QED) is 0.312. The first-order valence-corrected chi connectivity index (χ1v) is 12.4. The Kier molecular flexibility index (Phi) is 8.52. The number of ether oxygens (including phenoxy) is 1. The zero-order valence-electron chi connectivity index (χ0n) is 18.1. The van der Waals surface area contributed by atoms with E-state index in [-0.39, 0.29) is 12.1 Å². The van der Waals surface area contributed by atoms with Gasteiger partial charge in [0, 0.05) is 6.42 Å². The van der Waals surface area contributed by atoms with Gasteiger partial charge in [0.05, 0.1) is 0 Å². The Labute approximate surface area is 168 Å². The van der Waals surface area contributed by atoms with Crippen molar-refractivity contribution in [3.63, 3.8) is 0 Å². The maximum atomic E-state index is 12.2. The van der Waals surface area contributed by atoms with Gasteiger partial charge in [0.2, 0.25) is 0 Å². The van der Waals surface area contributed by atoms with Gasteiger partial charge in [-0.05, 0) is 81.0 Å². The molecule has 0 N–H and O–H groups in total. The van der Waals surface area contributed by atoms with Crippen molar-refractivity contribution in [1.82, 2.24) is 0 Å². The first-order valence-electron chi connectivity index (χ1n) is 12.4. The number of unbranched alkanes of at least 4 members (excludes halogenated alkanes) is 4. The number of hydrogen-bond donors (Lipinski definition) is 0. The molecule has 2 nitrogen and oxygen atoms in total. The highest BCUT2D eigenvalue weighted by molar-refractivity contribution is 5.69. The molecule has 4 unspecified atom stereocenters. The van der Waals surface area contributed by atoms with Crippen LogP contribution in [0.15, 0.2) is 0 Å². The molecule has 3 rings (SSSR count). The largest absolute Gasteiger partial charge is 0.462 e. The van der Waals surface area contributed by atoms with Crippen LogP contribution >= 0.6 is 0 Å². The van der Waals surface area contributed by atoms with E-state index in [2.05, 4.69) is 13.8 Å². The number of carbonyl (C=O) groups is 1. The number of esters is 1.